The lowest BCUT2D eigenvalue weighted by atomic mass is 10.1. The van der Waals surface area contributed by atoms with Crippen LogP contribution < -0.4 is 10.6 Å². The van der Waals surface area contributed by atoms with Gasteiger partial charge in [-0.2, -0.15) is 13.2 Å². The monoisotopic (exact) mass is 357 g/mol. The summed E-state index contributed by atoms with van der Waals surface area (Å²) in [6.07, 6.45) is -3.39. The number of carbonyl (C=O) groups is 2. The van der Waals surface area contributed by atoms with E-state index < -0.39 is 29.5 Å². The normalized spacial score (nSPS) is 19.6. The van der Waals surface area contributed by atoms with E-state index in [-0.39, 0.29) is 11.6 Å². The lowest BCUT2D eigenvalue weighted by Crippen LogP contribution is -2.30. The summed E-state index contributed by atoms with van der Waals surface area (Å²) in [5.41, 5.74) is -1.18. The Morgan fingerprint density at radius 3 is 2.44 bits per heavy atom. The Balaban J connectivity index is 1.85. The van der Waals surface area contributed by atoms with Crippen LogP contribution in [0.5, 0.6) is 0 Å². The quantitative estimate of drug-likeness (QED) is 0.737. The van der Waals surface area contributed by atoms with Gasteiger partial charge in [0.1, 0.15) is 0 Å². The predicted octanol–water partition coefficient (Wildman–Crippen LogP) is 2.35. The van der Waals surface area contributed by atoms with Gasteiger partial charge in [0, 0.05) is 6.54 Å². The second kappa shape index (κ2) is 7.86. The molecule has 2 N–H and O–H groups in total. The first kappa shape index (κ1) is 19.2. The number of carbonyl (C=O) groups excluding carboxylic acids is 2. The molecule has 0 saturated heterocycles. The fourth-order valence-corrected chi connectivity index (χ4v) is 2.58. The zero-order valence-corrected chi connectivity index (χ0v) is 14.2. The third-order valence-electron chi connectivity index (χ3n) is 4.04. The molecule has 0 bridgehead atoms. The third-order valence-corrected chi connectivity index (χ3v) is 4.04. The van der Waals surface area contributed by atoms with Crippen LogP contribution >= 0.6 is 0 Å². The Labute approximate surface area is 144 Å². The average molecular weight is 357 g/mol. The number of amides is 2. The SMILES string of the molecule is CN(C)CCCNC(=O)C1CC1C(=O)Nc1ccccc1C(F)(F)F. The molecule has 1 aromatic rings. The minimum atomic E-state index is -4.55. The highest BCUT2D eigenvalue weighted by molar-refractivity contribution is 6.00. The third kappa shape index (κ3) is 5.45. The maximum atomic E-state index is 12.9. The van der Waals surface area contributed by atoms with Crippen LogP contribution in [0.2, 0.25) is 0 Å². The van der Waals surface area contributed by atoms with Crippen molar-refractivity contribution in [3.05, 3.63) is 29.8 Å². The second-order valence-electron chi connectivity index (χ2n) is 6.43. The Morgan fingerprint density at radius 2 is 1.80 bits per heavy atom. The summed E-state index contributed by atoms with van der Waals surface area (Å²) in [5, 5.41) is 5.06. The number of halogens is 3. The van der Waals surface area contributed by atoms with Crippen LogP contribution in [0, 0.1) is 11.8 Å². The maximum Gasteiger partial charge on any atom is 0.418 e. The van der Waals surface area contributed by atoms with Gasteiger partial charge in [-0.25, -0.2) is 0 Å². The lowest BCUT2D eigenvalue weighted by molar-refractivity contribution is -0.137. The van der Waals surface area contributed by atoms with Crippen molar-refractivity contribution in [2.75, 3.05) is 32.5 Å². The van der Waals surface area contributed by atoms with Crippen molar-refractivity contribution in [2.45, 2.75) is 19.0 Å². The molecule has 2 rings (SSSR count). The highest BCUT2D eigenvalue weighted by atomic mass is 19.4. The molecule has 0 spiro atoms. The summed E-state index contributed by atoms with van der Waals surface area (Å²) in [6.45, 7) is 1.35. The van der Waals surface area contributed by atoms with E-state index in [1.165, 1.54) is 18.2 Å². The number of hydrogen-bond acceptors (Lipinski definition) is 3. The molecule has 25 heavy (non-hydrogen) atoms. The fourth-order valence-electron chi connectivity index (χ4n) is 2.58. The zero-order chi connectivity index (χ0) is 18.6. The van der Waals surface area contributed by atoms with Crippen molar-refractivity contribution in [1.82, 2.24) is 10.2 Å². The van der Waals surface area contributed by atoms with Crippen LogP contribution in [-0.2, 0) is 15.8 Å². The number of alkyl halides is 3. The van der Waals surface area contributed by atoms with Crippen molar-refractivity contribution in [2.24, 2.45) is 11.8 Å². The number of benzene rings is 1. The van der Waals surface area contributed by atoms with Crippen LogP contribution in [-0.4, -0.2) is 43.9 Å². The molecule has 8 heteroatoms. The zero-order valence-electron chi connectivity index (χ0n) is 14.2. The van der Waals surface area contributed by atoms with Gasteiger partial charge in [-0.1, -0.05) is 12.1 Å². The predicted molar refractivity (Wildman–Crippen MR) is 87.9 cm³/mol. The molecule has 2 atom stereocenters. The summed E-state index contributed by atoms with van der Waals surface area (Å²) in [7, 11) is 3.86. The van der Waals surface area contributed by atoms with Crippen LogP contribution in [0.1, 0.15) is 18.4 Å². The van der Waals surface area contributed by atoms with E-state index in [9.17, 15) is 22.8 Å². The smallest absolute Gasteiger partial charge is 0.356 e. The van der Waals surface area contributed by atoms with E-state index in [4.69, 9.17) is 0 Å². The molecule has 5 nitrogen and oxygen atoms in total. The molecule has 1 saturated carbocycles. The molecular weight excluding hydrogens is 335 g/mol. The molecule has 0 aromatic heterocycles. The summed E-state index contributed by atoms with van der Waals surface area (Å²) in [5.74, 6) is -1.80. The molecule has 1 aromatic carbocycles. The molecule has 0 heterocycles. The Kier molecular flexibility index (Phi) is 6.05. The minimum Gasteiger partial charge on any atom is -0.356 e. The Bertz CT molecular complexity index is 632. The molecule has 138 valence electrons. The van der Waals surface area contributed by atoms with E-state index in [1.807, 2.05) is 19.0 Å². The molecule has 2 amide bonds. The van der Waals surface area contributed by atoms with Crippen molar-refractivity contribution < 1.29 is 22.8 Å². The van der Waals surface area contributed by atoms with Gasteiger partial charge >= 0.3 is 6.18 Å². The Hall–Kier alpha value is -2.09. The Morgan fingerprint density at radius 1 is 1.16 bits per heavy atom. The van der Waals surface area contributed by atoms with Gasteiger partial charge in [0.05, 0.1) is 23.1 Å². The molecule has 2 unspecified atom stereocenters. The summed E-state index contributed by atoms with van der Waals surface area (Å²) in [4.78, 5) is 26.1. The molecule has 1 fully saturated rings. The van der Waals surface area contributed by atoms with E-state index in [2.05, 4.69) is 10.6 Å². The van der Waals surface area contributed by atoms with Gasteiger partial charge in [-0.15, -0.1) is 0 Å². The lowest BCUT2D eigenvalue weighted by Gasteiger charge is -2.13. The van der Waals surface area contributed by atoms with E-state index in [1.54, 1.807) is 0 Å². The van der Waals surface area contributed by atoms with Crippen molar-refractivity contribution in [1.29, 1.82) is 0 Å². The van der Waals surface area contributed by atoms with Gasteiger partial charge in [0.25, 0.3) is 0 Å². The first-order valence-electron chi connectivity index (χ1n) is 8.09. The topological polar surface area (TPSA) is 61.4 Å². The maximum absolute atomic E-state index is 12.9. The minimum absolute atomic E-state index is 0.219. The van der Waals surface area contributed by atoms with Gasteiger partial charge in [-0.05, 0) is 45.6 Å². The fraction of sp³-hybridized carbons (Fsp3) is 0.529. The summed E-state index contributed by atoms with van der Waals surface area (Å²) < 4.78 is 38.8. The van der Waals surface area contributed by atoms with E-state index in [0.29, 0.717) is 13.0 Å². The second-order valence-corrected chi connectivity index (χ2v) is 6.43. The molecule has 1 aliphatic carbocycles. The molecular formula is C17H22F3N3O2. The number of anilines is 1. The van der Waals surface area contributed by atoms with Crippen LogP contribution in [0.4, 0.5) is 18.9 Å². The van der Waals surface area contributed by atoms with Crippen LogP contribution in [0.3, 0.4) is 0 Å². The van der Waals surface area contributed by atoms with Crippen LogP contribution in [0.25, 0.3) is 0 Å². The number of hydrogen-bond donors (Lipinski definition) is 2. The highest BCUT2D eigenvalue weighted by Crippen LogP contribution is 2.41. The van der Waals surface area contributed by atoms with E-state index in [0.717, 1.165) is 19.0 Å². The van der Waals surface area contributed by atoms with Crippen LogP contribution in [0.15, 0.2) is 24.3 Å². The average Bonchev–Trinajstić information content (AvgIpc) is 3.31. The first-order chi connectivity index (χ1) is 11.7. The van der Waals surface area contributed by atoms with Crippen molar-refractivity contribution in [3.63, 3.8) is 0 Å². The summed E-state index contributed by atoms with van der Waals surface area (Å²) >= 11 is 0. The number of nitrogens with zero attached hydrogens (tertiary/aromatic N) is 1. The number of nitrogens with one attached hydrogen (secondary N) is 2. The molecule has 1 aliphatic rings. The van der Waals surface area contributed by atoms with Gasteiger partial charge < -0.3 is 15.5 Å². The van der Waals surface area contributed by atoms with Gasteiger partial charge in [0.2, 0.25) is 11.8 Å². The molecule has 0 radical (unpaired) electrons. The van der Waals surface area contributed by atoms with Gasteiger partial charge in [0.15, 0.2) is 0 Å². The van der Waals surface area contributed by atoms with E-state index >= 15 is 0 Å². The van der Waals surface area contributed by atoms with Crippen molar-refractivity contribution in [3.8, 4) is 0 Å². The largest absolute Gasteiger partial charge is 0.418 e. The summed E-state index contributed by atoms with van der Waals surface area (Å²) in [6, 6.07) is 4.81. The van der Waals surface area contributed by atoms with Gasteiger partial charge in [-0.3, -0.25) is 9.59 Å². The highest BCUT2D eigenvalue weighted by Gasteiger charge is 2.48. The standard InChI is InChI=1S/C17H22F3N3O2/c1-23(2)9-5-8-21-15(24)11-10-12(11)16(25)22-14-7-4-3-6-13(14)17(18,19)20/h3-4,6-7,11-12H,5,8-10H2,1-2H3,(H,21,24)(H,22,25). The number of para-hydroxylation sites is 1. The molecule has 0 aliphatic heterocycles. The van der Waals surface area contributed by atoms with Crippen molar-refractivity contribution >= 4 is 17.5 Å². The number of rotatable bonds is 7. The first-order valence-corrected chi connectivity index (χ1v) is 8.09.